The van der Waals surface area contributed by atoms with Gasteiger partial charge < -0.3 is 19.8 Å². The van der Waals surface area contributed by atoms with Gasteiger partial charge >= 0.3 is 0 Å². The first-order valence-corrected chi connectivity index (χ1v) is 13.7. The van der Waals surface area contributed by atoms with Crippen molar-refractivity contribution in [2.24, 2.45) is 11.8 Å². The van der Waals surface area contributed by atoms with Crippen LogP contribution in [-0.4, -0.2) is 85.3 Å². The Labute approximate surface area is 217 Å². The zero-order valence-electron chi connectivity index (χ0n) is 21.2. The Balaban J connectivity index is 1.60. The number of nitrogens with zero attached hydrogens (tertiary/aromatic N) is 3. The van der Waals surface area contributed by atoms with E-state index in [1.807, 2.05) is 67.3 Å². The second-order valence-corrected chi connectivity index (χ2v) is 12.4. The maximum atomic E-state index is 14.3. The summed E-state index contributed by atoms with van der Waals surface area (Å²) in [6.45, 7) is 7.64. The number of hydrogen-bond acceptors (Lipinski definition) is 5. The molecule has 3 amide bonds. The molecule has 1 aromatic carbocycles. The van der Waals surface area contributed by atoms with Crippen LogP contribution < -0.4 is 0 Å². The minimum Gasteiger partial charge on any atom is -0.394 e. The van der Waals surface area contributed by atoms with Crippen molar-refractivity contribution in [2.75, 3.05) is 26.2 Å². The lowest BCUT2D eigenvalue weighted by Gasteiger charge is -2.38. The molecule has 7 nitrogen and oxygen atoms in total. The van der Waals surface area contributed by atoms with Gasteiger partial charge in [0.2, 0.25) is 17.7 Å². The molecule has 0 saturated carbocycles. The normalized spacial score (nSPS) is 34.4. The van der Waals surface area contributed by atoms with E-state index in [4.69, 9.17) is 0 Å². The highest BCUT2D eigenvalue weighted by molar-refractivity contribution is 8.02. The van der Waals surface area contributed by atoms with Crippen molar-refractivity contribution >= 4 is 29.5 Å². The Morgan fingerprint density at radius 3 is 2.39 bits per heavy atom. The summed E-state index contributed by atoms with van der Waals surface area (Å²) in [5, 5.41) is 10.1. The van der Waals surface area contributed by atoms with Crippen LogP contribution in [0.3, 0.4) is 0 Å². The highest BCUT2D eigenvalue weighted by atomic mass is 32.2. The maximum absolute atomic E-state index is 14.3. The summed E-state index contributed by atoms with van der Waals surface area (Å²) in [4.78, 5) is 47.6. The zero-order valence-corrected chi connectivity index (χ0v) is 22.0. The van der Waals surface area contributed by atoms with E-state index in [0.717, 1.165) is 12.0 Å². The van der Waals surface area contributed by atoms with Crippen LogP contribution in [-0.2, 0) is 20.9 Å². The molecule has 5 rings (SSSR count). The molecular formula is C28H35N3O4S. The smallest absolute Gasteiger partial charge is 0.247 e. The van der Waals surface area contributed by atoms with Crippen molar-refractivity contribution in [3.8, 4) is 0 Å². The van der Waals surface area contributed by atoms with Gasteiger partial charge in [0, 0.05) is 30.9 Å². The molecule has 0 radical (unpaired) electrons. The summed E-state index contributed by atoms with van der Waals surface area (Å²) in [6.07, 6.45) is 8.98. The molecular weight excluding hydrogens is 474 g/mol. The molecule has 0 aromatic heterocycles. The molecule has 4 heterocycles. The van der Waals surface area contributed by atoms with Crippen molar-refractivity contribution in [1.29, 1.82) is 0 Å². The monoisotopic (exact) mass is 509 g/mol. The number of hydrogen-bond donors (Lipinski definition) is 1. The second kappa shape index (κ2) is 9.38. The van der Waals surface area contributed by atoms with Crippen LogP contribution in [0.2, 0.25) is 0 Å². The summed E-state index contributed by atoms with van der Waals surface area (Å²) in [7, 11) is 0. The van der Waals surface area contributed by atoms with E-state index in [1.165, 1.54) is 0 Å². The Hall–Kier alpha value is -2.58. The molecule has 36 heavy (non-hydrogen) atoms. The maximum Gasteiger partial charge on any atom is 0.247 e. The quantitative estimate of drug-likeness (QED) is 0.596. The number of likely N-dealkylation sites (tertiary alicyclic amines) is 1. The van der Waals surface area contributed by atoms with Crippen LogP contribution in [0.4, 0.5) is 0 Å². The summed E-state index contributed by atoms with van der Waals surface area (Å²) in [5.41, 5.74) is 1.02. The number of amides is 3. The van der Waals surface area contributed by atoms with E-state index in [-0.39, 0.29) is 24.3 Å². The fourth-order valence-electron chi connectivity index (χ4n) is 6.54. The van der Waals surface area contributed by atoms with Crippen LogP contribution >= 0.6 is 11.8 Å². The van der Waals surface area contributed by atoms with E-state index in [9.17, 15) is 19.5 Å². The fraction of sp³-hybridized carbons (Fsp3) is 0.536. The van der Waals surface area contributed by atoms with Gasteiger partial charge in [-0.3, -0.25) is 14.4 Å². The molecule has 1 spiro atoms. The number of carbonyl (C=O) groups excluding carboxylic acids is 3. The molecule has 6 atom stereocenters. The number of benzene rings is 1. The first-order chi connectivity index (χ1) is 17.3. The van der Waals surface area contributed by atoms with Gasteiger partial charge in [0.25, 0.3) is 0 Å². The van der Waals surface area contributed by atoms with Crippen molar-refractivity contribution < 1.29 is 19.5 Å². The zero-order chi connectivity index (χ0) is 25.7. The van der Waals surface area contributed by atoms with Gasteiger partial charge in [-0.15, -0.1) is 11.8 Å². The van der Waals surface area contributed by atoms with Gasteiger partial charge in [-0.05, 0) is 25.8 Å². The molecule has 8 heteroatoms. The Kier molecular flexibility index (Phi) is 6.53. The van der Waals surface area contributed by atoms with Gasteiger partial charge in [0.15, 0.2) is 0 Å². The molecule has 1 unspecified atom stereocenters. The number of aliphatic hydroxyl groups is 1. The molecule has 192 valence electrons. The molecule has 2 fully saturated rings. The first-order valence-electron chi connectivity index (χ1n) is 12.9. The van der Waals surface area contributed by atoms with Gasteiger partial charge in [-0.2, -0.15) is 0 Å². The van der Waals surface area contributed by atoms with Crippen molar-refractivity contribution in [1.82, 2.24) is 14.7 Å². The highest BCUT2D eigenvalue weighted by Gasteiger charge is 2.74. The lowest BCUT2D eigenvalue weighted by atomic mass is 9.74. The topological polar surface area (TPSA) is 81.2 Å². The van der Waals surface area contributed by atoms with Crippen LogP contribution in [0.15, 0.2) is 54.6 Å². The third-order valence-electron chi connectivity index (χ3n) is 8.11. The van der Waals surface area contributed by atoms with Gasteiger partial charge in [0.05, 0.1) is 29.2 Å². The number of thioether (sulfide) groups is 1. The summed E-state index contributed by atoms with van der Waals surface area (Å²) in [6, 6.07) is 8.51. The predicted octanol–water partition coefficient (Wildman–Crippen LogP) is 2.46. The molecule has 0 aliphatic carbocycles. The summed E-state index contributed by atoms with van der Waals surface area (Å²) >= 11 is 1.58. The number of carbonyl (C=O) groups is 3. The van der Waals surface area contributed by atoms with Crippen molar-refractivity contribution in [2.45, 2.75) is 55.3 Å². The van der Waals surface area contributed by atoms with E-state index in [0.29, 0.717) is 26.2 Å². The predicted molar refractivity (Wildman–Crippen MR) is 140 cm³/mol. The summed E-state index contributed by atoms with van der Waals surface area (Å²) < 4.78 is -1.48. The Morgan fingerprint density at radius 1 is 1.00 bits per heavy atom. The third-order valence-corrected chi connectivity index (χ3v) is 9.91. The number of rotatable bonds is 6. The molecule has 1 aromatic rings. The van der Waals surface area contributed by atoms with Gasteiger partial charge in [-0.25, -0.2) is 0 Å². The van der Waals surface area contributed by atoms with Gasteiger partial charge in [-0.1, -0.05) is 61.6 Å². The van der Waals surface area contributed by atoms with E-state index in [2.05, 4.69) is 6.08 Å². The van der Waals surface area contributed by atoms with E-state index >= 15 is 0 Å². The van der Waals surface area contributed by atoms with Crippen LogP contribution in [0, 0.1) is 11.8 Å². The summed E-state index contributed by atoms with van der Waals surface area (Å²) in [5.74, 6) is -1.60. The van der Waals surface area contributed by atoms with E-state index in [1.54, 1.807) is 28.5 Å². The minimum atomic E-state index is -0.877. The molecule has 4 aliphatic heterocycles. The standard InChI is InChI=1S/C28H35N3O4S/c1-4-14-29-15-8-12-27(3)21(24(29)33)22-25(34)31(19(2)18-32)23-26(35)30(16-9-13-28(22,23)36-27)17-20-10-6-5-7-11-20/h5-13,19,21-23,32H,4,14-18H2,1-3H3/t19-,21+,22+,23?,27-,28+/m1/s1. The average molecular weight is 510 g/mol. The lowest BCUT2D eigenvalue weighted by Crippen LogP contribution is -2.56. The van der Waals surface area contributed by atoms with Crippen LogP contribution in [0.25, 0.3) is 0 Å². The van der Waals surface area contributed by atoms with E-state index < -0.39 is 33.4 Å². The van der Waals surface area contributed by atoms with Crippen molar-refractivity contribution in [3.05, 3.63) is 60.2 Å². The first kappa shape index (κ1) is 25.1. The number of aliphatic hydroxyl groups excluding tert-OH is 1. The van der Waals surface area contributed by atoms with Crippen molar-refractivity contribution in [3.63, 3.8) is 0 Å². The average Bonchev–Trinajstić information content (AvgIpc) is 3.15. The molecule has 0 bridgehead atoms. The Bertz CT molecular complexity index is 1110. The molecule has 2 saturated heterocycles. The minimum absolute atomic E-state index is 0.0180. The second-order valence-electron chi connectivity index (χ2n) is 10.6. The molecule has 1 N–H and O–H groups in total. The lowest BCUT2D eigenvalue weighted by molar-refractivity contribution is -0.147. The highest BCUT2D eigenvalue weighted by Crippen LogP contribution is 2.65. The SMILES string of the molecule is CCCN1CC=C[C@@]2(C)S[C@]34C=CCN(Cc5ccccc5)C(=O)C3N([C@H](C)CO)C(=O)[C@@H]4[C@H]2C1=O. The third kappa shape index (κ3) is 3.72. The van der Waals surface area contributed by atoms with Crippen LogP contribution in [0.1, 0.15) is 32.8 Å². The largest absolute Gasteiger partial charge is 0.394 e. The number of fused-ring (bicyclic) bond motifs is 2. The Morgan fingerprint density at radius 2 is 1.69 bits per heavy atom. The van der Waals surface area contributed by atoms with Crippen LogP contribution in [0.5, 0.6) is 0 Å². The molecule has 4 aliphatic rings. The fourth-order valence-corrected chi connectivity index (χ4v) is 8.68. The van der Waals surface area contributed by atoms with Gasteiger partial charge in [0.1, 0.15) is 6.04 Å².